The van der Waals surface area contributed by atoms with E-state index < -0.39 is 59.2 Å². The SMILES string of the molecule is CNC(C)C(=O)N[C@H]1CCS[C@H]2CC(C)(C)[C@@H](C(=O)N[C@H]3c4ccccc4C[C@H]3OCc3ccc(CO[C@@H]4Cc5ccccc5[C@@H]4NC(=O)[C@H]4N5C(=O)[C@@H](NC(=O)C(C)NC)CCS[C@H]5CC4(C)C)cc3)N2C1=O. The highest BCUT2D eigenvalue weighted by Gasteiger charge is 2.57. The molecule has 16 nitrogen and oxygen atoms in total. The number of hydrogen-bond acceptors (Lipinski definition) is 12. The maximum Gasteiger partial charge on any atom is 0.246 e. The molecule has 2 aliphatic carbocycles. The van der Waals surface area contributed by atoms with Crippen molar-refractivity contribution in [1.82, 2.24) is 41.7 Å². The quantitative estimate of drug-likeness (QED) is 0.116. The minimum Gasteiger partial charge on any atom is -0.371 e. The Hall–Kier alpha value is -4.98. The van der Waals surface area contributed by atoms with Crippen LogP contribution in [0.3, 0.4) is 0 Å². The molecule has 0 aromatic heterocycles. The van der Waals surface area contributed by atoms with Crippen molar-refractivity contribution in [3.8, 4) is 0 Å². The first-order valence-corrected chi connectivity index (χ1v) is 28.4. The van der Waals surface area contributed by atoms with Crippen molar-refractivity contribution < 1.29 is 38.2 Å². The number of carbonyl (C=O) groups excluding carboxylic acids is 6. The van der Waals surface area contributed by atoms with Gasteiger partial charge in [-0.25, -0.2) is 0 Å². The number of ether oxygens (including phenoxy) is 2. The highest BCUT2D eigenvalue weighted by molar-refractivity contribution is 8.00. The van der Waals surface area contributed by atoms with Gasteiger partial charge < -0.3 is 51.2 Å². The summed E-state index contributed by atoms with van der Waals surface area (Å²) < 4.78 is 13.4. The molecule has 4 fully saturated rings. The minimum atomic E-state index is -0.738. The van der Waals surface area contributed by atoms with Gasteiger partial charge in [-0.3, -0.25) is 28.8 Å². The highest BCUT2D eigenvalue weighted by Crippen LogP contribution is 2.49. The fourth-order valence-electron chi connectivity index (χ4n) is 11.9. The van der Waals surface area contributed by atoms with E-state index >= 15 is 0 Å². The molecular formula is C56H74N8O8S2. The third-order valence-corrected chi connectivity index (χ3v) is 18.8. The molecule has 0 radical (unpaired) electrons. The van der Waals surface area contributed by atoms with Crippen molar-refractivity contribution in [2.24, 2.45) is 10.8 Å². The zero-order valence-electron chi connectivity index (χ0n) is 43.9. The fourth-order valence-corrected chi connectivity index (χ4v) is 15.1. The van der Waals surface area contributed by atoms with Crippen LogP contribution in [0.2, 0.25) is 0 Å². The molecule has 9 rings (SSSR count). The number of hydrogen-bond donors (Lipinski definition) is 6. The van der Waals surface area contributed by atoms with Gasteiger partial charge in [-0.15, -0.1) is 23.5 Å². The van der Waals surface area contributed by atoms with Crippen LogP contribution in [0.4, 0.5) is 0 Å². The van der Waals surface area contributed by atoms with Crippen LogP contribution in [-0.2, 0) is 64.3 Å². The van der Waals surface area contributed by atoms with Crippen LogP contribution in [0.25, 0.3) is 0 Å². The van der Waals surface area contributed by atoms with Gasteiger partial charge in [-0.05, 0) is 109 Å². The summed E-state index contributed by atoms with van der Waals surface area (Å²) in [5.41, 5.74) is 5.08. The number of nitrogens with one attached hydrogen (secondary N) is 6. The Morgan fingerprint density at radius 2 is 0.973 bits per heavy atom. The summed E-state index contributed by atoms with van der Waals surface area (Å²) >= 11 is 3.35. The second-order valence-corrected chi connectivity index (χ2v) is 24.9. The van der Waals surface area contributed by atoms with E-state index in [1.165, 1.54) is 0 Å². The Morgan fingerprint density at radius 3 is 1.35 bits per heavy atom. The normalized spacial score (nSPS) is 29.5. The molecule has 3 aromatic rings. The average molecular weight is 1050 g/mol. The van der Waals surface area contributed by atoms with Gasteiger partial charge in [-0.1, -0.05) is 100 Å². The molecular weight excluding hydrogens is 977 g/mol. The first-order chi connectivity index (χ1) is 35.4. The summed E-state index contributed by atoms with van der Waals surface area (Å²) in [5, 5.41) is 18.1. The van der Waals surface area contributed by atoms with Crippen molar-refractivity contribution >= 4 is 59.0 Å². The van der Waals surface area contributed by atoms with Gasteiger partial charge in [0, 0.05) is 12.8 Å². The second kappa shape index (κ2) is 22.3. The van der Waals surface area contributed by atoms with Crippen LogP contribution in [0.15, 0.2) is 72.8 Å². The first kappa shape index (κ1) is 53.8. The number of fused-ring (bicyclic) bond motifs is 4. The predicted molar refractivity (Wildman–Crippen MR) is 286 cm³/mol. The third-order valence-electron chi connectivity index (χ3n) is 16.3. The van der Waals surface area contributed by atoms with Crippen molar-refractivity contribution in [3.63, 3.8) is 0 Å². The molecule has 6 N–H and O–H groups in total. The Balaban J connectivity index is 0.841. The molecule has 74 heavy (non-hydrogen) atoms. The number of rotatable bonds is 16. The van der Waals surface area contributed by atoms with Crippen molar-refractivity contribution in [1.29, 1.82) is 0 Å². The monoisotopic (exact) mass is 1050 g/mol. The van der Waals surface area contributed by atoms with E-state index in [-0.39, 0.29) is 58.4 Å². The Kier molecular flexibility index (Phi) is 16.2. The zero-order chi connectivity index (χ0) is 52.6. The van der Waals surface area contributed by atoms with Gasteiger partial charge in [-0.2, -0.15) is 0 Å². The Labute approximate surface area is 444 Å². The van der Waals surface area contributed by atoms with Gasteiger partial charge in [0.15, 0.2) is 0 Å². The lowest BCUT2D eigenvalue weighted by atomic mass is 9.83. The topological polar surface area (TPSA) is 200 Å². The number of carbonyl (C=O) groups is 6. The summed E-state index contributed by atoms with van der Waals surface area (Å²) in [6, 6.07) is 19.5. The lowest BCUT2D eigenvalue weighted by molar-refractivity contribution is -0.144. The van der Waals surface area contributed by atoms with Gasteiger partial charge in [0.1, 0.15) is 24.2 Å². The Morgan fingerprint density at radius 1 is 0.595 bits per heavy atom. The summed E-state index contributed by atoms with van der Waals surface area (Å²) in [7, 11) is 3.41. The molecule has 2 unspecified atom stereocenters. The Bertz CT molecular complexity index is 2420. The van der Waals surface area contributed by atoms with Crippen LogP contribution < -0.4 is 31.9 Å². The summed E-state index contributed by atoms with van der Waals surface area (Å²) in [5.74, 6) is -0.0156. The number of thioether (sulfide) groups is 2. The number of amides is 6. The van der Waals surface area contributed by atoms with E-state index in [4.69, 9.17) is 9.47 Å². The summed E-state index contributed by atoms with van der Waals surface area (Å²) in [6.07, 6.45) is 2.82. The van der Waals surface area contributed by atoms with E-state index in [1.54, 1.807) is 61.3 Å². The van der Waals surface area contributed by atoms with Gasteiger partial charge in [0.25, 0.3) is 0 Å². The largest absolute Gasteiger partial charge is 0.371 e. The van der Waals surface area contributed by atoms with Crippen LogP contribution in [0.1, 0.15) is 113 Å². The van der Waals surface area contributed by atoms with Crippen LogP contribution in [0, 0.1) is 10.8 Å². The number of benzene rings is 3. The first-order valence-electron chi connectivity index (χ1n) is 26.3. The number of nitrogens with zero attached hydrogens (tertiary/aromatic N) is 2. The van der Waals surface area contributed by atoms with E-state index in [2.05, 4.69) is 44.0 Å². The van der Waals surface area contributed by atoms with Crippen molar-refractivity contribution in [3.05, 3.63) is 106 Å². The lowest BCUT2D eigenvalue weighted by Gasteiger charge is -2.35. The predicted octanol–water partition coefficient (Wildman–Crippen LogP) is 4.65. The van der Waals surface area contributed by atoms with Crippen LogP contribution in [-0.4, -0.2) is 130 Å². The lowest BCUT2D eigenvalue weighted by Crippen LogP contribution is -2.58. The van der Waals surface area contributed by atoms with E-state index in [9.17, 15) is 28.8 Å². The summed E-state index contributed by atoms with van der Waals surface area (Å²) in [4.78, 5) is 87.2. The number of likely N-dealkylation sites (N-methyl/N-ethyl adjacent to an activating group) is 2. The molecule has 0 bridgehead atoms. The smallest absolute Gasteiger partial charge is 0.246 e. The molecule has 6 aliphatic rings. The van der Waals surface area contributed by atoms with Crippen molar-refractivity contribution in [2.75, 3.05) is 25.6 Å². The molecule has 0 saturated carbocycles. The molecule has 4 saturated heterocycles. The second-order valence-electron chi connectivity index (χ2n) is 22.3. The zero-order valence-corrected chi connectivity index (χ0v) is 45.5. The third kappa shape index (κ3) is 11.0. The van der Waals surface area contributed by atoms with E-state index in [0.29, 0.717) is 63.2 Å². The van der Waals surface area contributed by atoms with Crippen LogP contribution in [0.5, 0.6) is 0 Å². The van der Waals surface area contributed by atoms with Gasteiger partial charge in [0.2, 0.25) is 35.4 Å². The molecule has 12 atom stereocenters. The summed E-state index contributed by atoms with van der Waals surface area (Å²) in [6.45, 7) is 12.3. The van der Waals surface area contributed by atoms with E-state index in [0.717, 1.165) is 33.4 Å². The molecule has 4 aliphatic heterocycles. The van der Waals surface area contributed by atoms with Gasteiger partial charge >= 0.3 is 0 Å². The maximum absolute atomic E-state index is 14.7. The molecule has 6 amide bonds. The maximum atomic E-state index is 14.7. The average Bonchev–Trinajstić information content (AvgIpc) is 4.03. The van der Waals surface area contributed by atoms with Crippen LogP contribution >= 0.6 is 23.5 Å². The van der Waals surface area contributed by atoms with E-state index in [1.807, 2.05) is 88.4 Å². The highest BCUT2D eigenvalue weighted by atomic mass is 32.2. The molecule has 0 spiro atoms. The fraction of sp³-hybridized carbons (Fsp3) is 0.571. The molecule has 18 heteroatoms. The van der Waals surface area contributed by atoms with Gasteiger partial charge in [0.05, 0.1) is 60.3 Å². The molecule has 398 valence electrons. The molecule has 3 aromatic carbocycles. The molecule has 4 heterocycles. The van der Waals surface area contributed by atoms with Crippen molar-refractivity contribution in [2.45, 2.75) is 165 Å². The standard InChI is InChI=1S/C56H74N8O8S2/c1-31(57-7)49(65)59-39-21-23-73-43-27-55(3,4)47(63(43)53(39)69)51(67)61-45-37-15-11-9-13-35(37)25-41(45)71-29-33-17-19-34(20-18-33)30-72-42-26-36-14-10-12-16-38(36)46(42)62-52(68)48-56(5,6)28-44-64(48)54(70)40(22-24-74-44)60-50(66)32(2)58-8/h9-20,31-32,39-48,57-58H,21-30H2,1-8H3,(H,59,65)(H,60,66)(H,61,67)(H,62,68)/t31?,32?,39-,40-,41+,42+,43-,44-,45-,46-,47+,48+/m0/s1. The minimum absolute atomic E-state index is 0.177.